The van der Waals surface area contributed by atoms with Gasteiger partial charge in [-0.3, -0.25) is 0 Å². The Hall–Kier alpha value is -6.92. The van der Waals surface area contributed by atoms with E-state index in [4.69, 9.17) is 0 Å². The highest BCUT2D eigenvalue weighted by atomic mass is 79.9. The van der Waals surface area contributed by atoms with Crippen molar-refractivity contribution in [3.8, 4) is 0 Å². The van der Waals surface area contributed by atoms with Crippen molar-refractivity contribution in [3.63, 3.8) is 0 Å². The molecule has 0 aliphatic heterocycles. The molecule has 1 aliphatic rings. The first-order valence-electron chi connectivity index (χ1n) is 22.9. The van der Waals surface area contributed by atoms with Crippen molar-refractivity contribution in [2.24, 2.45) is 0 Å². The molecule has 0 unspecified atom stereocenters. The van der Waals surface area contributed by atoms with Crippen LogP contribution in [0.1, 0.15) is 77.9 Å². The minimum Gasteiger partial charge on any atom is -0.376 e. The van der Waals surface area contributed by atoms with Crippen LogP contribution in [0.5, 0.6) is 0 Å². The minimum absolute atomic E-state index is 0.587. The Morgan fingerprint density at radius 3 is 0.721 bits per heavy atom. The van der Waals surface area contributed by atoms with E-state index in [-0.39, 0.29) is 0 Å². The van der Waals surface area contributed by atoms with Crippen LogP contribution >= 0.6 is 31.9 Å². The number of benzene rings is 10. The summed E-state index contributed by atoms with van der Waals surface area (Å²) in [6, 6.07) is 92.5. The maximum absolute atomic E-state index is 13.8. The molecule has 0 heterocycles. The van der Waals surface area contributed by atoms with Gasteiger partial charge in [-0.15, -0.1) is 0 Å². The zero-order chi connectivity index (χ0) is 46.4. The smallest absolute Gasteiger partial charge is 0.141 e. The maximum Gasteiger partial charge on any atom is 0.141 e. The highest BCUT2D eigenvalue weighted by molar-refractivity contribution is 9.10. The second-order valence-electron chi connectivity index (χ2n) is 17.7. The molecule has 4 heteroatoms. The fraction of sp³-hybridized carbons (Fsp3) is 0.0625. The molecule has 68 heavy (non-hydrogen) atoms. The van der Waals surface area contributed by atoms with Crippen LogP contribution < -0.4 is 0 Å². The molecule has 11 rings (SSSR count). The molecular formula is C64H46Br2O2. The summed E-state index contributed by atoms with van der Waals surface area (Å²) in [5, 5.41) is 27.5. The van der Waals surface area contributed by atoms with Gasteiger partial charge in [-0.1, -0.05) is 275 Å². The van der Waals surface area contributed by atoms with Crippen molar-refractivity contribution < 1.29 is 10.2 Å². The van der Waals surface area contributed by atoms with Gasteiger partial charge in [0.1, 0.15) is 11.2 Å². The SMILES string of the molecule is OC1(c2ccc(C(c3ccccc3)(c3ccccc3)c3ccccc3)cc2)c2ccc(Br)cc2C(O)(c2ccc(C(c3ccccc3)(c3ccccc3)c3ccccc3)cc2)c2cc(Br)ccc21. The van der Waals surface area contributed by atoms with E-state index >= 15 is 0 Å². The Morgan fingerprint density at radius 2 is 0.471 bits per heavy atom. The van der Waals surface area contributed by atoms with Crippen molar-refractivity contribution >= 4 is 31.9 Å². The second kappa shape index (κ2) is 17.6. The van der Waals surface area contributed by atoms with Crippen LogP contribution in [0.15, 0.2) is 276 Å². The van der Waals surface area contributed by atoms with Gasteiger partial charge in [0.2, 0.25) is 0 Å². The number of rotatable bonds is 10. The fourth-order valence-corrected chi connectivity index (χ4v) is 11.9. The van der Waals surface area contributed by atoms with Crippen molar-refractivity contribution in [3.05, 3.63) is 354 Å². The average molecular weight is 1010 g/mol. The Labute approximate surface area is 415 Å². The van der Waals surface area contributed by atoms with Gasteiger partial charge in [0.25, 0.3) is 0 Å². The van der Waals surface area contributed by atoms with Crippen molar-refractivity contribution in [2.45, 2.75) is 22.0 Å². The summed E-state index contributed by atoms with van der Waals surface area (Å²) in [5.74, 6) is 0. The number of hydrogen-bond acceptors (Lipinski definition) is 2. The molecule has 10 aromatic carbocycles. The van der Waals surface area contributed by atoms with E-state index < -0.39 is 22.0 Å². The summed E-state index contributed by atoms with van der Waals surface area (Å²) in [6.07, 6.45) is 0. The van der Waals surface area contributed by atoms with Crippen LogP contribution in [0.3, 0.4) is 0 Å². The number of fused-ring (bicyclic) bond motifs is 2. The van der Waals surface area contributed by atoms with Gasteiger partial charge in [-0.2, -0.15) is 0 Å². The van der Waals surface area contributed by atoms with Crippen LogP contribution in [0.25, 0.3) is 0 Å². The lowest BCUT2D eigenvalue weighted by molar-refractivity contribution is 0.0746. The highest BCUT2D eigenvalue weighted by Gasteiger charge is 2.52. The first-order valence-corrected chi connectivity index (χ1v) is 24.5. The Kier molecular flexibility index (Phi) is 11.3. The van der Waals surface area contributed by atoms with E-state index in [0.717, 1.165) is 53.5 Å². The van der Waals surface area contributed by atoms with Crippen molar-refractivity contribution in [2.75, 3.05) is 0 Å². The third-order valence-electron chi connectivity index (χ3n) is 14.2. The maximum atomic E-state index is 13.8. The zero-order valence-corrected chi connectivity index (χ0v) is 40.2. The summed E-state index contributed by atoms with van der Waals surface area (Å²) in [7, 11) is 0. The predicted octanol–water partition coefficient (Wildman–Crippen LogP) is 14.9. The van der Waals surface area contributed by atoms with Crippen LogP contribution in [-0.2, 0) is 22.0 Å². The van der Waals surface area contributed by atoms with Gasteiger partial charge >= 0.3 is 0 Å². The number of halogens is 2. The van der Waals surface area contributed by atoms with Crippen LogP contribution in [-0.4, -0.2) is 10.2 Å². The van der Waals surface area contributed by atoms with Gasteiger partial charge in [0.05, 0.1) is 10.8 Å². The lowest BCUT2D eigenvalue weighted by Crippen LogP contribution is -2.44. The third kappa shape index (κ3) is 6.81. The molecule has 0 aromatic heterocycles. The molecule has 2 N–H and O–H groups in total. The average Bonchev–Trinajstić information content (AvgIpc) is 3.41. The predicted molar refractivity (Wildman–Crippen MR) is 282 cm³/mol. The van der Waals surface area contributed by atoms with E-state index in [1.807, 2.05) is 36.4 Å². The van der Waals surface area contributed by atoms with E-state index in [2.05, 4.69) is 262 Å². The molecule has 0 bridgehead atoms. The normalized spacial score (nSPS) is 16.6. The van der Waals surface area contributed by atoms with Gasteiger partial charge in [0.15, 0.2) is 0 Å². The minimum atomic E-state index is -1.67. The number of hydrogen-bond donors (Lipinski definition) is 2. The molecule has 10 aromatic rings. The first kappa shape index (κ1) is 43.6. The summed E-state index contributed by atoms with van der Waals surface area (Å²) < 4.78 is 1.58. The van der Waals surface area contributed by atoms with E-state index in [1.54, 1.807) is 0 Å². The fourth-order valence-electron chi connectivity index (χ4n) is 11.2. The summed E-state index contributed by atoms with van der Waals surface area (Å²) in [4.78, 5) is 0. The topological polar surface area (TPSA) is 40.5 Å². The molecule has 0 spiro atoms. The van der Waals surface area contributed by atoms with Crippen LogP contribution in [0.4, 0.5) is 0 Å². The van der Waals surface area contributed by atoms with E-state index in [0.29, 0.717) is 33.4 Å². The van der Waals surface area contributed by atoms with Crippen LogP contribution in [0, 0.1) is 0 Å². The van der Waals surface area contributed by atoms with Gasteiger partial charge in [-0.05, 0) is 91.0 Å². The molecule has 0 fully saturated rings. The molecule has 0 radical (unpaired) electrons. The molecular weight excluding hydrogens is 961 g/mol. The molecule has 0 saturated heterocycles. The van der Waals surface area contributed by atoms with E-state index in [1.165, 1.54) is 0 Å². The molecule has 0 saturated carbocycles. The van der Waals surface area contributed by atoms with Crippen molar-refractivity contribution in [1.29, 1.82) is 0 Å². The van der Waals surface area contributed by atoms with Gasteiger partial charge < -0.3 is 10.2 Å². The zero-order valence-electron chi connectivity index (χ0n) is 37.1. The lowest BCUT2D eigenvalue weighted by Gasteiger charge is -2.45. The summed E-state index contributed by atoms with van der Waals surface area (Å²) >= 11 is 7.55. The first-order chi connectivity index (χ1) is 33.3. The highest BCUT2D eigenvalue weighted by Crippen LogP contribution is 2.55. The quantitative estimate of drug-likeness (QED) is 0.134. The Balaban J connectivity index is 1.09. The van der Waals surface area contributed by atoms with Crippen molar-refractivity contribution in [1.82, 2.24) is 0 Å². The Morgan fingerprint density at radius 1 is 0.250 bits per heavy atom. The standard InChI is InChI=1S/C64H46Br2O2/c65-55-39-41-57-59(43-55)64(68,54-37-33-52(34-38-54)62(48-25-13-4-14-26-48,49-27-15-5-16-28-49)50-29-17-6-18-30-50)60-44-56(66)40-42-58(60)63(57,67)53-35-31-51(32-36-53)61(45-19-7-1-8-20-45,46-21-9-2-10-22-46)47-23-11-3-12-24-47/h1-44,67-68H. The van der Waals surface area contributed by atoms with Gasteiger partial charge in [-0.25, -0.2) is 0 Å². The summed E-state index contributed by atoms with van der Waals surface area (Å²) in [5.41, 5.74) is 8.04. The summed E-state index contributed by atoms with van der Waals surface area (Å²) in [6.45, 7) is 0. The molecule has 1 aliphatic carbocycles. The second-order valence-corrected chi connectivity index (χ2v) is 19.5. The molecule has 0 amide bonds. The van der Waals surface area contributed by atoms with Crippen LogP contribution in [0.2, 0.25) is 0 Å². The third-order valence-corrected chi connectivity index (χ3v) is 15.2. The lowest BCUT2D eigenvalue weighted by atomic mass is 9.62. The molecule has 328 valence electrons. The monoisotopic (exact) mass is 1000 g/mol. The van der Waals surface area contributed by atoms with Gasteiger partial charge in [0, 0.05) is 20.1 Å². The largest absolute Gasteiger partial charge is 0.376 e. The number of aliphatic hydroxyl groups is 2. The van der Waals surface area contributed by atoms with E-state index in [9.17, 15) is 10.2 Å². The molecule has 0 atom stereocenters. The molecule has 2 nitrogen and oxygen atoms in total. The Bertz CT molecular complexity index is 3100.